The van der Waals surface area contributed by atoms with Crippen molar-refractivity contribution in [1.82, 2.24) is 5.32 Å². The van der Waals surface area contributed by atoms with E-state index in [-0.39, 0.29) is 11.8 Å². The highest BCUT2D eigenvalue weighted by Gasteiger charge is 2.26. The molecule has 1 amide bonds. The van der Waals surface area contributed by atoms with Crippen molar-refractivity contribution in [2.45, 2.75) is 31.7 Å². The minimum absolute atomic E-state index is 0.0106. The number of hydrogen-bond acceptors (Lipinski definition) is 5. The number of ether oxygens (including phenoxy) is 2. The number of hydrogen-bond donors (Lipinski definition) is 2. The molecule has 2 aromatic carbocycles. The highest BCUT2D eigenvalue weighted by molar-refractivity contribution is 5.95. The van der Waals surface area contributed by atoms with Crippen LogP contribution in [0, 0.1) is 5.82 Å². The summed E-state index contributed by atoms with van der Waals surface area (Å²) in [4.78, 5) is 11.6. The third-order valence-corrected chi connectivity index (χ3v) is 5.53. The van der Waals surface area contributed by atoms with Crippen LogP contribution in [0.4, 0.5) is 4.39 Å². The zero-order valence-electron chi connectivity index (χ0n) is 16.9. The van der Waals surface area contributed by atoms with Gasteiger partial charge in [0.1, 0.15) is 6.61 Å². The molecule has 3 N–H and O–H groups in total. The number of methoxy groups -OCH3 is 1. The molecule has 0 saturated carbocycles. The SMILES string of the molecule is COc1cccc2c(CCCCN[C@H]3COc4c(F)ccc(C(N)=O)c4C3)coc12. The molecule has 0 bridgehead atoms. The molecule has 30 heavy (non-hydrogen) atoms. The zero-order valence-corrected chi connectivity index (χ0v) is 16.9. The number of carbonyl (C=O) groups excluding carboxylic acids is 1. The van der Waals surface area contributed by atoms with E-state index in [0.29, 0.717) is 24.2 Å². The fourth-order valence-electron chi connectivity index (χ4n) is 3.99. The standard InChI is InChI=1S/C23H25FN2O4/c1-28-20-7-4-6-16-14(12-29-22(16)20)5-2-3-10-26-15-11-18-17(23(25)27)8-9-19(24)21(18)30-13-15/h4,6-9,12,15,26H,2-3,5,10-11,13H2,1H3,(H2,25,27)/t15-/m1/s1. The molecule has 0 saturated heterocycles. The Morgan fingerprint density at radius 3 is 2.97 bits per heavy atom. The minimum Gasteiger partial charge on any atom is -0.493 e. The number of fused-ring (bicyclic) bond motifs is 2. The van der Waals surface area contributed by atoms with Gasteiger partial charge in [-0.05, 0) is 56.0 Å². The molecule has 1 aromatic heterocycles. The fourth-order valence-corrected chi connectivity index (χ4v) is 3.99. The van der Waals surface area contributed by atoms with E-state index in [2.05, 4.69) is 5.32 Å². The molecule has 0 radical (unpaired) electrons. The Morgan fingerprint density at radius 2 is 2.17 bits per heavy atom. The number of amides is 1. The molecular formula is C23H25FN2O4. The van der Waals surface area contributed by atoms with E-state index in [9.17, 15) is 9.18 Å². The lowest BCUT2D eigenvalue weighted by molar-refractivity contribution is 0.0997. The van der Waals surface area contributed by atoms with Crippen LogP contribution in [-0.2, 0) is 12.8 Å². The number of furan rings is 1. The number of aryl methyl sites for hydroxylation is 1. The van der Waals surface area contributed by atoms with Crippen molar-refractivity contribution in [2.75, 3.05) is 20.3 Å². The molecule has 1 aliphatic heterocycles. The summed E-state index contributed by atoms with van der Waals surface area (Å²) in [5, 5.41) is 4.52. The number of para-hydroxylation sites is 1. The van der Waals surface area contributed by atoms with Crippen LogP contribution >= 0.6 is 0 Å². The summed E-state index contributed by atoms with van der Waals surface area (Å²) in [6.07, 6.45) is 5.17. The van der Waals surface area contributed by atoms with Crippen LogP contribution in [0.3, 0.4) is 0 Å². The number of nitrogens with two attached hydrogens (primary N) is 1. The Morgan fingerprint density at radius 1 is 1.30 bits per heavy atom. The van der Waals surface area contributed by atoms with Crippen molar-refractivity contribution in [1.29, 1.82) is 0 Å². The quantitative estimate of drug-likeness (QED) is 0.552. The van der Waals surface area contributed by atoms with E-state index < -0.39 is 11.7 Å². The van der Waals surface area contributed by atoms with E-state index in [0.717, 1.165) is 42.5 Å². The van der Waals surface area contributed by atoms with E-state index >= 15 is 0 Å². The van der Waals surface area contributed by atoms with Crippen molar-refractivity contribution in [2.24, 2.45) is 5.73 Å². The summed E-state index contributed by atoms with van der Waals surface area (Å²) in [5.74, 6) is -0.145. The molecule has 3 aromatic rings. The number of nitrogens with one attached hydrogen (secondary N) is 1. The summed E-state index contributed by atoms with van der Waals surface area (Å²) in [6, 6.07) is 8.55. The highest BCUT2D eigenvalue weighted by Crippen LogP contribution is 2.31. The smallest absolute Gasteiger partial charge is 0.249 e. The number of benzene rings is 2. The van der Waals surface area contributed by atoms with Crippen molar-refractivity contribution in [3.63, 3.8) is 0 Å². The maximum Gasteiger partial charge on any atom is 0.249 e. The van der Waals surface area contributed by atoms with Crippen LogP contribution in [0.5, 0.6) is 11.5 Å². The predicted molar refractivity (Wildman–Crippen MR) is 112 cm³/mol. The number of carbonyl (C=O) groups is 1. The second-order valence-electron chi connectivity index (χ2n) is 7.49. The minimum atomic E-state index is -0.570. The van der Waals surface area contributed by atoms with Crippen LogP contribution in [0.25, 0.3) is 11.0 Å². The highest BCUT2D eigenvalue weighted by atomic mass is 19.1. The number of unbranched alkanes of at least 4 members (excludes halogenated alkanes) is 1. The van der Waals surface area contributed by atoms with Crippen molar-refractivity contribution in [3.05, 3.63) is 59.1 Å². The lowest BCUT2D eigenvalue weighted by Crippen LogP contribution is -2.40. The third-order valence-electron chi connectivity index (χ3n) is 5.53. The molecule has 1 atom stereocenters. The van der Waals surface area contributed by atoms with E-state index in [1.807, 2.05) is 18.2 Å². The Balaban J connectivity index is 1.29. The van der Waals surface area contributed by atoms with Crippen LogP contribution in [-0.4, -0.2) is 32.2 Å². The first-order valence-corrected chi connectivity index (χ1v) is 10.1. The topological polar surface area (TPSA) is 86.7 Å². The van der Waals surface area contributed by atoms with Gasteiger partial charge in [-0.15, -0.1) is 0 Å². The van der Waals surface area contributed by atoms with Gasteiger partial charge in [0.15, 0.2) is 22.9 Å². The van der Waals surface area contributed by atoms with Gasteiger partial charge in [-0.3, -0.25) is 4.79 Å². The van der Waals surface area contributed by atoms with Crippen molar-refractivity contribution >= 4 is 16.9 Å². The maximum atomic E-state index is 14.0. The first-order valence-electron chi connectivity index (χ1n) is 10.1. The molecule has 0 aliphatic carbocycles. The first kappa shape index (κ1) is 20.2. The summed E-state index contributed by atoms with van der Waals surface area (Å²) < 4.78 is 30.6. The van der Waals surface area contributed by atoms with Crippen LogP contribution in [0.2, 0.25) is 0 Å². The monoisotopic (exact) mass is 412 g/mol. The van der Waals surface area contributed by atoms with Gasteiger partial charge in [0.2, 0.25) is 5.91 Å². The van der Waals surface area contributed by atoms with Gasteiger partial charge in [0.05, 0.1) is 13.4 Å². The molecule has 1 aliphatic rings. The van der Waals surface area contributed by atoms with Gasteiger partial charge in [0, 0.05) is 22.6 Å². The Kier molecular flexibility index (Phi) is 5.90. The fraction of sp³-hybridized carbons (Fsp3) is 0.348. The van der Waals surface area contributed by atoms with Gasteiger partial charge < -0.3 is 24.9 Å². The van der Waals surface area contributed by atoms with Gasteiger partial charge in [-0.1, -0.05) is 12.1 Å². The maximum absolute atomic E-state index is 14.0. The molecule has 158 valence electrons. The second kappa shape index (κ2) is 8.75. The van der Waals surface area contributed by atoms with Gasteiger partial charge in [0.25, 0.3) is 0 Å². The van der Waals surface area contributed by atoms with Crippen LogP contribution in [0.1, 0.15) is 34.3 Å². The van der Waals surface area contributed by atoms with Crippen molar-refractivity contribution in [3.8, 4) is 11.5 Å². The number of halogens is 1. The molecule has 0 fully saturated rings. The summed E-state index contributed by atoms with van der Waals surface area (Å²) >= 11 is 0. The lowest BCUT2D eigenvalue weighted by atomic mass is 9.96. The molecule has 2 heterocycles. The van der Waals surface area contributed by atoms with Gasteiger partial charge >= 0.3 is 0 Å². The molecule has 0 unspecified atom stereocenters. The van der Waals surface area contributed by atoms with Crippen molar-refractivity contribution < 1.29 is 23.1 Å². The molecule has 6 nitrogen and oxygen atoms in total. The molecular weight excluding hydrogens is 387 g/mol. The van der Waals surface area contributed by atoms with Gasteiger partial charge in [-0.25, -0.2) is 4.39 Å². The molecule has 0 spiro atoms. The summed E-state index contributed by atoms with van der Waals surface area (Å²) in [5.41, 5.74) is 8.24. The Hall–Kier alpha value is -3.06. The molecule has 4 rings (SSSR count). The van der Waals surface area contributed by atoms with E-state index in [4.69, 9.17) is 19.6 Å². The average molecular weight is 412 g/mol. The van der Waals surface area contributed by atoms with Gasteiger partial charge in [-0.2, -0.15) is 0 Å². The summed E-state index contributed by atoms with van der Waals surface area (Å²) in [6.45, 7) is 1.15. The predicted octanol–water partition coefficient (Wildman–Crippen LogP) is 3.60. The number of primary amides is 1. The van der Waals surface area contributed by atoms with Crippen LogP contribution < -0.4 is 20.5 Å². The Bertz CT molecular complexity index is 1060. The van der Waals surface area contributed by atoms with Crippen LogP contribution in [0.15, 0.2) is 41.0 Å². The first-order chi connectivity index (χ1) is 14.6. The third kappa shape index (κ3) is 3.98. The van der Waals surface area contributed by atoms with E-state index in [1.165, 1.54) is 17.7 Å². The number of rotatable bonds is 8. The second-order valence-corrected chi connectivity index (χ2v) is 7.49. The lowest BCUT2D eigenvalue weighted by Gasteiger charge is -2.27. The Labute approximate surface area is 174 Å². The normalized spacial score (nSPS) is 15.6. The largest absolute Gasteiger partial charge is 0.493 e. The zero-order chi connectivity index (χ0) is 21.1. The van der Waals surface area contributed by atoms with E-state index in [1.54, 1.807) is 13.4 Å². The molecule has 7 heteroatoms. The summed E-state index contributed by atoms with van der Waals surface area (Å²) in [7, 11) is 1.64. The average Bonchev–Trinajstić information content (AvgIpc) is 3.16.